The number of aromatic carboxylic acids is 1. The first kappa shape index (κ1) is 15.3. The Morgan fingerprint density at radius 3 is 2.57 bits per heavy atom. The number of fused-ring (bicyclic) bond motifs is 1. The molecule has 21 heavy (non-hydrogen) atoms. The quantitative estimate of drug-likeness (QED) is 0.857. The topological polar surface area (TPSA) is 84.7 Å². The van der Waals surface area contributed by atoms with Gasteiger partial charge in [-0.3, -0.25) is 4.68 Å². The number of aryl methyl sites for hydroxylation is 1. The van der Waals surface area contributed by atoms with Crippen LogP contribution in [0.15, 0.2) is 6.07 Å². The number of amides is 1. The molecule has 1 aromatic heterocycles. The fourth-order valence-corrected chi connectivity index (χ4v) is 2.20. The van der Waals surface area contributed by atoms with E-state index in [-0.39, 0.29) is 11.8 Å². The highest BCUT2D eigenvalue weighted by atomic mass is 16.6. The van der Waals surface area contributed by atoms with Gasteiger partial charge in [-0.15, -0.1) is 0 Å². The number of carbonyl (C=O) groups is 2. The molecule has 7 heteroatoms. The molecule has 1 aliphatic rings. The van der Waals surface area contributed by atoms with Crippen LogP contribution < -0.4 is 0 Å². The summed E-state index contributed by atoms with van der Waals surface area (Å²) < 4.78 is 7.05. The number of carboxylic acid groups (broad SMARTS) is 1. The molecule has 1 amide bonds. The van der Waals surface area contributed by atoms with Crippen molar-refractivity contribution in [2.75, 3.05) is 6.54 Å². The van der Waals surface area contributed by atoms with Crippen LogP contribution in [-0.2, 0) is 17.8 Å². The Morgan fingerprint density at radius 1 is 1.29 bits per heavy atom. The number of aromatic nitrogens is 2. The van der Waals surface area contributed by atoms with Crippen LogP contribution in [0.4, 0.5) is 4.79 Å². The molecule has 0 saturated carbocycles. The summed E-state index contributed by atoms with van der Waals surface area (Å²) >= 11 is 0. The fraction of sp³-hybridized carbons (Fsp3) is 0.643. The van der Waals surface area contributed by atoms with Crippen LogP contribution in [0.5, 0.6) is 0 Å². The maximum Gasteiger partial charge on any atom is 0.410 e. The highest BCUT2D eigenvalue weighted by molar-refractivity contribution is 5.85. The van der Waals surface area contributed by atoms with Crippen molar-refractivity contribution in [2.45, 2.75) is 52.3 Å². The number of carboxylic acids is 1. The summed E-state index contributed by atoms with van der Waals surface area (Å²) in [5.41, 5.74) is 0.181. The van der Waals surface area contributed by atoms with Crippen LogP contribution in [-0.4, -0.2) is 44.0 Å². The maximum atomic E-state index is 12.2. The van der Waals surface area contributed by atoms with Gasteiger partial charge in [-0.25, -0.2) is 9.59 Å². The molecule has 0 saturated heterocycles. The summed E-state index contributed by atoms with van der Waals surface area (Å²) in [6.07, 6.45) is 1.29. The first-order valence-electron chi connectivity index (χ1n) is 7.04. The molecule has 0 aliphatic carbocycles. The van der Waals surface area contributed by atoms with Crippen LogP contribution >= 0.6 is 0 Å². The lowest BCUT2D eigenvalue weighted by molar-refractivity contribution is 0.0218. The Kier molecular flexibility index (Phi) is 4.20. The second-order valence-corrected chi connectivity index (χ2v) is 6.16. The van der Waals surface area contributed by atoms with E-state index in [0.717, 1.165) is 18.5 Å². The maximum absolute atomic E-state index is 12.2. The zero-order chi connectivity index (χ0) is 15.6. The van der Waals surface area contributed by atoms with Crippen LogP contribution in [0.2, 0.25) is 0 Å². The van der Waals surface area contributed by atoms with Crippen molar-refractivity contribution in [2.24, 2.45) is 0 Å². The third kappa shape index (κ3) is 3.96. The fourth-order valence-electron chi connectivity index (χ4n) is 2.20. The normalized spacial score (nSPS) is 15.9. The molecule has 0 atom stereocenters. The molecular formula is C14H21N3O4. The third-order valence-electron chi connectivity index (χ3n) is 3.13. The summed E-state index contributed by atoms with van der Waals surface area (Å²) in [6, 6.07) is 1.52. The third-order valence-corrected chi connectivity index (χ3v) is 3.13. The van der Waals surface area contributed by atoms with Gasteiger partial charge in [0.15, 0.2) is 5.69 Å². The molecule has 0 aromatic carbocycles. The van der Waals surface area contributed by atoms with Crippen molar-refractivity contribution in [1.29, 1.82) is 0 Å². The molecule has 2 rings (SSSR count). The number of hydrogen-bond acceptors (Lipinski definition) is 4. The minimum Gasteiger partial charge on any atom is -0.476 e. The van der Waals surface area contributed by atoms with E-state index in [9.17, 15) is 9.59 Å². The largest absolute Gasteiger partial charge is 0.476 e. The number of carbonyl (C=O) groups excluding carboxylic acids is 1. The smallest absolute Gasteiger partial charge is 0.410 e. The number of rotatable bonds is 1. The molecule has 1 N–H and O–H groups in total. The molecule has 0 fully saturated rings. The van der Waals surface area contributed by atoms with E-state index in [1.165, 1.54) is 6.07 Å². The van der Waals surface area contributed by atoms with E-state index >= 15 is 0 Å². The Bertz CT molecular complexity index is 545. The first-order chi connectivity index (χ1) is 9.76. The van der Waals surface area contributed by atoms with Gasteiger partial charge < -0.3 is 14.7 Å². The van der Waals surface area contributed by atoms with Crippen LogP contribution in [0.25, 0.3) is 0 Å². The Balaban J connectivity index is 2.18. The zero-order valence-corrected chi connectivity index (χ0v) is 12.6. The van der Waals surface area contributed by atoms with Crippen LogP contribution in [0.3, 0.4) is 0 Å². The first-order valence-corrected chi connectivity index (χ1v) is 7.04. The van der Waals surface area contributed by atoms with E-state index in [0.29, 0.717) is 19.6 Å². The summed E-state index contributed by atoms with van der Waals surface area (Å²) in [5, 5.41) is 13.1. The lowest BCUT2D eigenvalue weighted by atomic mass is 10.2. The highest BCUT2D eigenvalue weighted by Crippen LogP contribution is 2.17. The standard InChI is InChI=1S/C14H21N3O4/c1-14(2,3)21-13(20)16-6-4-5-7-17-10(9-16)8-11(15-17)12(18)19/h8H,4-7,9H2,1-3H3,(H,18,19). The van der Waals surface area contributed by atoms with Gasteiger partial charge in [-0.2, -0.15) is 5.10 Å². The monoisotopic (exact) mass is 295 g/mol. The van der Waals surface area contributed by atoms with Crippen molar-refractivity contribution in [1.82, 2.24) is 14.7 Å². The van der Waals surface area contributed by atoms with Crippen LogP contribution in [0, 0.1) is 0 Å². The lowest BCUT2D eigenvalue weighted by Gasteiger charge is -2.28. The van der Waals surface area contributed by atoms with E-state index in [1.54, 1.807) is 9.58 Å². The zero-order valence-electron chi connectivity index (χ0n) is 12.6. The van der Waals surface area contributed by atoms with Gasteiger partial charge >= 0.3 is 12.1 Å². The highest BCUT2D eigenvalue weighted by Gasteiger charge is 2.25. The number of nitrogens with zero attached hydrogens (tertiary/aromatic N) is 3. The predicted octanol–water partition coefficient (Wildman–Crippen LogP) is 2.11. The second kappa shape index (κ2) is 5.75. The van der Waals surface area contributed by atoms with Crippen molar-refractivity contribution >= 4 is 12.1 Å². The summed E-state index contributed by atoms with van der Waals surface area (Å²) in [4.78, 5) is 24.8. The molecular weight excluding hydrogens is 274 g/mol. The molecule has 0 radical (unpaired) electrons. The lowest BCUT2D eigenvalue weighted by Crippen LogP contribution is -2.38. The average molecular weight is 295 g/mol. The Labute approximate surface area is 123 Å². The Morgan fingerprint density at radius 2 is 1.95 bits per heavy atom. The van der Waals surface area contributed by atoms with Gasteiger partial charge in [0.1, 0.15) is 5.60 Å². The molecule has 1 aliphatic heterocycles. The van der Waals surface area contributed by atoms with Crippen LogP contribution in [0.1, 0.15) is 49.8 Å². The van der Waals surface area contributed by atoms with Gasteiger partial charge in [0.2, 0.25) is 0 Å². The minimum atomic E-state index is -1.06. The molecule has 116 valence electrons. The Hall–Kier alpha value is -2.05. The van der Waals surface area contributed by atoms with Gasteiger partial charge in [-0.05, 0) is 39.7 Å². The van der Waals surface area contributed by atoms with Gasteiger partial charge in [-0.1, -0.05) is 0 Å². The average Bonchev–Trinajstić information content (AvgIpc) is 2.69. The van der Waals surface area contributed by atoms with E-state index in [4.69, 9.17) is 9.84 Å². The van der Waals surface area contributed by atoms with Crippen molar-refractivity contribution in [3.63, 3.8) is 0 Å². The summed E-state index contributed by atoms with van der Waals surface area (Å²) in [7, 11) is 0. The van der Waals surface area contributed by atoms with Gasteiger partial charge in [0, 0.05) is 13.1 Å². The molecule has 0 spiro atoms. The van der Waals surface area contributed by atoms with E-state index < -0.39 is 11.6 Å². The van der Waals surface area contributed by atoms with E-state index in [2.05, 4.69) is 5.10 Å². The molecule has 7 nitrogen and oxygen atoms in total. The van der Waals surface area contributed by atoms with Crippen molar-refractivity contribution in [3.8, 4) is 0 Å². The molecule has 1 aromatic rings. The molecule has 0 bridgehead atoms. The SMILES string of the molecule is CC(C)(C)OC(=O)N1CCCCn2nc(C(=O)O)cc2C1. The second-order valence-electron chi connectivity index (χ2n) is 6.16. The number of ether oxygens (including phenoxy) is 1. The number of hydrogen-bond donors (Lipinski definition) is 1. The van der Waals surface area contributed by atoms with Gasteiger partial charge in [0.05, 0.1) is 12.2 Å². The predicted molar refractivity (Wildman–Crippen MR) is 75.1 cm³/mol. The summed E-state index contributed by atoms with van der Waals surface area (Å²) in [5.74, 6) is -1.06. The summed E-state index contributed by atoms with van der Waals surface area (Å²) in [6.45, 7) is 7.05. The minimum absolute atomic E-state index is 0.0102. The van der Waals surface area contributed by atoms with Crippen molar-refractivity contribution < 1.29 is 19.4 Å². The molecule has 2 heterocycles. The molecule has 0 unspecified atom stereocenters. The van der Waals surface area contributed by atoms with Gasteiger partial charge in [0.25, 0.3) is 0 Å². The van der Waals surface area contributed by atoms with Crippen molar-refractivity contribution in [3.05, 3.63) is 17.5 Å². The van der Waals surface area contributed by atoms with E-state index in [1.807, 2.05) is 20.8 Å².